The highest BCUT2D eigenvalue weighted by molar-refractivity contribution is 6.31. The van der Waals surface area contributed by atoms with Gasteiger partial charge in [0.1, 0.15) is 0 Å². The van der Waals surface area contributed by atoms with E-state index >= 15 is 0 Å². The molecule has 0 aliphatic heterocycles. The van der Waals surface area contributed by atoms with E-state index in [0.29, 0.717) is 28.8 Å². The van der Waals surface area contributed by atoms with Crippen LogP contribution in [0.2, 0.25) is 5.02 Å². The molecule has 0 aliphatic carbocycles. The first-order valence-electron chi connectivity index (χ1n) is 8.51. The van der Waals surface area contributed by atoms with Crippen LogP contribution in [0.1, 0.15) is 19.4 Å². The molecule has 7 heteroatoms. The molecule has 0 radical (unpaired) electrons. The second kappa shape index (κ2) is 9.83. The number of halogens is 1. The summed E-state index contributed by atoms with van der Waals surface area (Å²) in [6.45, 7) is 5.34. The van der Waals surface area contributed by atoms with Gasteiger partial charge in [0.05, 0.1) is 6.61 Å². The van der Waals surface area contributed by atoms with E-state index < -0.39 is 18.0 Å². The number of ether oxygens (including phenoxy) is 3. The monoisotopic (exact) mass is 391 g/mol. The Balaban J connectivity index is 1.85. The fourth-order valence-corrected chi connectivity index (χ4v) is 2.36. The molecule has 2 rings (SSSR count). The van der Waals surface area contributed by atoms with Crippen molar-refractivity contribution in [3.05, 3.63) is 53.1 Å². The van der Waals surface area contributed by atoms with Crippen LogP contribution in [-0.4, -0.2) is 31.2 Å². The zero-order valence-corrected chi connectivity index (χ0v) is 16.2. The standard InChI is InChI=1S/C20H22ClNO5/c1-4-25-17-7-5-6-8-18(17)26-12-19(23)27-14(3)20(24)22-15-10-9-13(2)16(21)11-15/h5-11,14H,4,12H2,1-3H3,(H,22,24)/t14-/m0/s1. The lowest BCUT2D eigenvalue weighted by atomic mass is 10.2. The molecular weight excluding hydrogens is 370 g/mol. The lowest BCUT2D eigenvalue weighted by Gasteiger charge is -2.15. The third kappa shape index (κ3) is 6.18. The van der Waals surface area contributed by atoms with Gasteiger partial charge >= 0.3 is 5.97 Å². The molecule has 0 aliphatic rings. The van der Waals surface area contributed by atoms with Gasteiger partial charge in [-0.2, -0.15) is 0 Å². The third-order valence-electron chi connectivity index (χ3n) is 3.61. The van der Waals surface area contributed by atoms with E-state index in [1.165, 1.54) is 6.92 Å². The van der Waals surface area contributed by atoms with Crippen LogP contribution < -0.4 is 14.8 Å². The number of amides is 1. The first-order chi connectivity index (χ1) is 12.9. The second-order valence-electron chi connectivity index (χ2n) is 5.75. The van der Waals surface area contributed by atoms with E-state index in [9.17, 15) is 9.59 Å². The zero-order chi connectivity index (χ0) is 19.8. The lowest BCUT2D eigenvalue weighted by molar-refractivity contribution is -0.155. The molecule has 0 bridgehead atoms. The summed E-state index contributed by atoms with van der Waals surface area (Å²) in [5, 5.41) is 3.19. The molecule has 0 aromatic heterocycles. The number of para-hydroxylation sites is 2. The summed E-state index contributed by atoms with van der Waals surface area (Å²) in [6.07, 6.45) is -0.983. The Kier molecular flexibility index (Phi) is 7.49. The highest BCUT2D eigenvalue weighted by atomic mass is 35.5. The van der Waals surface area contributed by atoms with Crippen molar-refractivity contribution in [3.8, 4) is 11.5 Å². The SMILES string of the molecule is CCOc1ccccc1OCC(=O)O[C@@H](C)C(=O)Nc1ccc(C)c(Cl)c1. The van der Waals surface area contributed by atoms with Crippen molar-refractivity contribution in [3.63, 3.8) is 0 Å². The van der Waals surface area contributed by atoms with E-state index in [0.717, 1.165) is 5.56 Å². The van der Waals surface area contributed by atoms with Crippen molar-refractivity contribution in [2.75, 3.05) is 18.5 Å². The predicted molar refractivity (Wildman–Crippen MR) is 103 cm³/mol. The molecule has 2 aromatic carbocycles. The number of benzene rings is 2. The van der Waals surface area contributed by atoms with E-state index in [2.05, 4.69) is 5.32 Å². The summed E-state index contributed by atoms with van der Waals surface area (Å²) in [5.74, 6) is -0.151. The summed E-state index contributed by atoms with van der Waals surface area (Å²) >= 11 is 6.03. The first kappa shape index (κ1) is 20.6. The number of carbonyl (C=O) groups is 2. The van der Waals surface area contributed by atoms with Crippen LogP contribution in [0.3, 0.4) is 0 Å². The largest absolute Gasteiger partial charge is 0.490 e. The number of hydrogen-bond donors (Lipinski definition) is 1. The minimum Gasteiger partial charge on any atom is -0.490 e. The number of esters is 1. The van der Waals surface area contributed by atoms with E-state index in [-0.39, 0.29) is 6.61 Å². The maximum atomic E-state index is 12.2. The second-order valence-corrected chi connectivity index (χ2v) is 6.16. The summed E-state index contributed by atoms with van der Waals surface area (Å²) in [6, 6.07) is 12.2. The molecule has 0 saturated heterocycles. The first-order valence-corrected chi connectivity index (χ1v) is 8.89. The van der Waals surface area contributed by atoms with Gasteiger partial charge in [-0.25, -0.2) is 4.79 Å². The maximum Gasteiger partial charge on any atom is 0.344 e. The minimum absolute atomic E-state index is 0.335. The molecule has 1 N–H and O–H groups in total. The number of rotatable bonds is 8. The summed E-state index contributed by atoms with van der Waals surface area (Å²) in [5.41, 5.74) is 1.43. The number of aryl methyl sites for hydroxylation is 1. The van der Waals surface area contributed by atoms with Crippen LogP contribution in [0.15, 0.2) is 42.5 Å². The van der Waals surface area contributed by atoms with Gasteiger partial charge in [0.15, 0.2) is 24.2 Å². The van der Waals surface area contributed by atoms with Crippen LogP contribution in [-0.2, 0) is 14.3 Å². The Hall–Kier alpha value is -2.73. The molecule has 6 nitrogen and oxygen atoms in total. The Morgan fingerprint density at radius 3 is 2.41 bits per heavy atom. The van der Waals surface area contributed by atoms with Crippen molar-refractivity contribution in [2.24, 2.45) is 0 Å². The number of carbonyl (C=O) groups excluding carboxylic acids is 2. The quantitative estimate of drug-likeness (QED) is 0.688. The Bertz CT molecular complexity index is 809. The molecule has 0 heterocycles. The molecule has 0 spiro atoms. The summed E-state index contributed by atoms with van der Waals surface area (Å²) in [7, 11) is 0. The molecule has 0 unspecified atom stereocenters. The smallest absolute Gasteiger partial charge is 0.344 e. The van der Waals surface area contributed by atoms with Crippen LogP contribution in [0, 0.1) is 6.92 Å². The van der Waals surface area contributed by atoms with Gasteiger partial charge in [-0.3, -0.25) is 4.79 Å². The van der Waals surface area contributed by atoms with Crippen LogP contribution in [0.5, 0.6) is 11.5 Å². The fourth-order valence-electron chi connectivity index (χ4n) is 2.18. The molecule has 0 fully saturated rings. The van der Waals surface area contributed by atoms with Crippen LogP contribution in [0.4, 0.5) is 5.69 Å². The van der Waals surface area contributed by atoms with Crippen molar-refractivity contribution in [2.45, 2.75) is 26.9 Å². The summed E-state index contributed by atoms with van der Waals surface area (Å²) < 4.78 is 16.0. The van der Waals surface area contributed by atoms with Gasteiger partial charge in [-0.15, -0.1) is 0 Å². The highest BCUT2D eigenvalue weighted by Gasteiger charge is 2.19. The average molecular weight is 392 g/mol. The van der Waals surface area contributed by atoms with Crippen molar-refractivity contribution in [1.29, 1.82) is 0 Å². The van der Waals surface area contributed by atoms with Crippen LogP contribution >= 0.6 is 11.6 Å². The molecular formula is C20H22ClNO5. The van der Waals surface area contributed by atoms with E-state index in [4.69, 9.17) is 25.8 Å². The fraction of sp³-hybridized carbons (Fsp3) is 0.300. The average Bonchev–Trinajstić information content (AvgIpc) is 2.64. The van der Waals surface area contributed by atoms with Crippen molar-refractivity contribution < 1.29 is 23.8 Å². The Morgan fingerprint density at radius 2 is 1.78 bits per heavy atom. The molecule has 2 aromatic rings. The Morgan fingerprint density at radius 1 is 1.11 bits per heavy atom. The zero-order valence-electron chi connectivity index (χ0n) is 15.5. The molecule has 1 amide bonds. The number of nitrogens with one attached hydrogen (secondary N) is 1. The third-order valence-corrected chi connectivity index (χ3v) is 4.02. The molecule has 0 saturated carbocycles. The van der Waals surface area contributed by atoms with Gasteiger partial charge in [-0.1, -0.05) is 29.8 Å². The van der Waals surface area contributed by atoms with Gasteiger partial charge in [0, 0.05) is 10.7 Å². The molecule has 144 valence electrons. The number of hydrogen-bond acceptors (Lipinski definition) is 5. The highest BCUT2D eigenvalue weighted by Crippen LogP contribution is 2.26. The number of anilines is 1. The molecule has 27 heavy (non-hydrogen) atoms. The van der Waals surface area contributed by atoms with E-state index in [1.54, 1.807) is 42.5 Å². The summed E-state index contributed by atoms with van der Waals surface area (Å²) in [4.78, 5) is 24.1. The van der Waals surface area contributed by atoms with Gasteiger partial charge < -0.3 is 19.5 Å². The predicted octanol–water partition coefficient (Wildman–Crippen LogP) is 4.00. The maximum absolute atomic E-state index is 12.2. The van der Waals surface area contributed by atoms with E-state index in [1.807, 2.05) is 13.8 Å². The van der Waals surface area contributed by atoms with Gasteiger partial charge in [0.25, 0.3) is 5.91 Å². The molecule has 1 atom stereocenters. The van der Waals surface area contributed by atoms with Crippen molar-refractivity contribution in [1.82, 2.24) is 0 Å². The minimum atomic E-state index is -0.983. The van der Waals surface area contributed by atoms with Crippen molar-refractivity contribution >= 4 is 29.2 Å². The Labute approximate surface area is 163 Å². The normalized spacial score (nSPS) is 11.4. The van der Waals surface area contributed by atoms with Gasteiger partial charge in [0.2, 0.25) is 0 Å². The topological polar surface area (TPSA) is 73.9 Å². The lowest BCUT2D eigenvalue weighted by Crippen LogP contribution is -2.31. The van der Waals surface area contributed by atoms with Crippen LogP contribution in [0.25, 0.3) is 0 Å². The van der Waals surface area contributed by atoms with Gasteiger partial charge in [-0.05, 0) is 50.6 Å².